The van der Waals surface area contributed by atoms with E-state index < -0.39 is 17.9 Å². The minimum absolute atomic E-state index is 0.225. The Morgan fingerprint density at radius 1 is 0.912 bits per heavy atom. The Hall–Kier alpha value is -3.45. The minimum Gasteiger partial charge on any atom is -0.494 e. The Bertz CT molecular complexity index is 1250. The normalized spacial score (nSPS) is 11.1. The van der Waals surface area contributed by atoms with Crippen molar-refractivity contribution in [1.82, 2.24) is 4.98 Å². The summed E-state index contributed by atoms with van der Waals surface area (Å²) in [5.74, 6) is -1.27. The van der Waals surface area contributed by atoms with Crippen LogP contribution in [-0.2, 0) is 19.1 Å². The lowest BCUT2D eigenvalue weighted by molar-refractivity contribution is -0.162. The molecule has 1 heterocycles. The molecule has 0 radical (unpaired) electrons. The van der Waals surface area contributed by atoms with Gasteiger partial charge in [-0.15, -0.1) is 11.3 Å². The number of hydrogen-bond donors (Lipinski definition) is 0. The van der Waals surface area contributed by atoms with Gasteiger partial charge in [-0.25, -0.2) is 4.98 Å². The number of para-hydroxylation sites is 1. The molecule has 3 aromatic carbocycles. The third kappa shape index (κ3) is 5.54. The highest BCUT2D eigenvalue weighted by atomic mass is 32.1. The highest BCUT2D eigenvalue weighted by Crippen LogP contribution is 2.32. The molecule has 7 heteroatoms. The van der Waals surface area contributed by atoms with Crippen molar-refractivity contribution in [3.63, 3.8) is 0 Å². The number of aromatic nitrogens is 1. The van der Waals surface area contributed by atoms with Gasteiger partial charge in [0.1, 0.15) is 10.8 Å². The largest absolute Gasteiger partial charge is 0.494 e. The highest BCUT2D eigenvalue weighted by molar-refractivity contribution is 7.21. The summed E-state index contributed by atoms with van der Waals surface area (Å²) in [7, 11) is 0. The monoisotopic (exact) mass is 477 g/mol. The first kappa shape index (κ1) is 23.7. The lowest BCUT2D eigenvalue weighted by Crippen LogP contribution is -2.28. The predicted octanol–water partition coefficient (Wildman–Crippen LogP) is 6.02. The van der Waals surface area contributed by atoms with Gasteiger partial charge in [-0.2, -0.15) is 0 Å². The number of carbonyl (C=O) groups is 2. The molecule has 34 heavy (non-hydrogen) atoms. The summed E-state index contributed by atoms with van der Waals surface area (Å²) in [6.45, 7) is 4.26. The van der Waals surface area contributed by atoms with Crippen molar-refractivity contribution in [2.24, 2.45) is 5.92 Å². The van der Waals surface area contributed by atoms with Crippen LogP contribution in [0.3, 0.4) is 0 Å². The summed E-state index contributed by atoms with van der Waals surface area (Å²) in [4.78, 5) is 28.9. The molecule has 0 bridgehead atoms. The number of nitrogens with zero attached hydrogens (tertiary/aromatic N) is 1. The summed E-state index contributed by atoms with van der Waals surface area (Å²) in [6, 6.07) is 20.4. The van der Waals surface area contributed by atoms with E-state index in [9.17, 15) is 9.59 Å². The number of fused-ring (bicyclic) bond motifs is 2. The molecule has 0 spiro atoms. The van der Waals surface area contributed by atoms with Crippen LogP contribution in [0.5, 0.6) is 5.75 Å². The molecule has 0 aliphatic rings. The molecule has 0 aliphatic heterocycles. The van der Waals surface area contributed by atoms with E-state index in [-0.39, 0.29) is 13.2 Å². The van der Waals surface area contributed by atoms with Crippen LogP contribution in [0.25, 0.3) is 31.6 Å². The van der Waals surface area contributed by atoms with Gasteiger partial charge < -0.3 is 14.2 Å². The Kier molecular flexibility index (Phi) is 7.75. The molecule has 4 aromatic rings. The maximum atomic E-state index is 12.1. The summed E-state index contributed by atoms with van der Waals surface area (Å²) in [5.41, 5.74) is 2.10. The van der Waals surface area contributed by atoms with Crippen molar-refractivity contribution in [3.05, 3.63) is 60.7 Å². The third-order valence-electron chi connectivity index (χ3n) is 5.40. The number of hydrogen-bond acceptors (Lipinski definition) is 7. The van der Waals surface area contributed by atoms with Crippen molar-refractivity contribution < 1.29 is 23.8 Å². The zero-order valence-corrected chi connectivity index (χ0v) is 20.1. The van der Waals surface area contributed by atoms with Crippen LogP contribution >= 0.6 is 11.3 Å². The zero-order chi connectivity index (χ0) is 23.9. The maximum absolute atomic E-state index is 12.1. The molecule has 0 saturated heterocycles. The van der Waals surface area contributed by atoms with E-state index in [2.05, 4.69) is 24.3 Å². The number of benzene rings is 3. The SMILES string of the molecule is CCOC(=O)C(CCCOc1ccc2cc(-c3nc4ccccc4s3)ccc2c1)C(=O)OCC. The van der Waals surface area contributed by atoms with E-state index in [4.69, 9.17) is 19.2 Å². The molecule has 176 valence electrons. The second-order valence-electron chi connectivity index (χ2n) is 7.76. The van der Waals surface area contributed by atoms with Crippen LogP contribution in [0, 0.1) is 5.92 Å². The fourth-order valence-corrected chi connectivity index (χ4v) is 4.70. The van der Waals surface area contributed by atoms with E-state index in [1.165, 1.54) is 4.70 Å². The molecule has 4 rings (SSSR count). The first-order chi connectivity index (χ1) is 16.6. The van der Waals surface area contributed by atoms with E-state index in [1.807, 2.05) is 36.4 Å². The molecule has 6 nitrogen and oxygen atoms in total. The average molecular weight is 478 g/mol. The summed E-state index contributed by atoms with van der Waals surface area (Å²) >= 11 is 1.69. The van der Waals surface area contributed by atoms with Gasteiger partial charge in [-0.3, -0.25) is 9.59 Å². The molecule has 0 fully saturated rings. The second-order valence-corrected chi connectivity index (χ2v) is 8.79. The highest BCUT2D eigenvalue weighted by Gasteiger charge is 2.28. The fraction of sp³-hybridized carbons (Fsp3) is 0.296. The molecule has 0 atom stereocenters. The van der Waals surface area contributed by atoms with E-state index in [0.29, 0.717) is 19.4 Å². The first-order valence-electron chi connectivity index (χ1n) is 11.4. The topological polar surface area (TPSA) is 74.7 Å². The zero-order valence-electron chi connectivity index (χ0n) is 19.3. The Balaban J connectivity index is 1.38. The minimum atomic E-state index is -0.916. The van der Waals surface area contributed by atoms with E-state index in [1.54, 1.807) is 25.2 Å². The van der Waals surface area contributed by atoms with Crippen molar-refractivity contribution in [1.29, 1.82) is 0 Å². The number of ether oxygens (including phenoxy) is 3. The van der Waals surface area contributed by atoms with Gasteiger partial charge in [0.15, 0.2) is 5.92 Å². The molecule has 0 N–H and O–H groups in total. The van der Waals surface area contributed by atoms with Crippen molar-refractivity contribution in [2.75, 3.05) is 19.8 Å². The van der Waals surface area contributed by atoms with Gasteiger partial charge in [0.2, 0.25) is 0 Å². The standard InChI is InChI=1S/C27H27NO5S/c1-3-31-26(29)22(27(30)32-4-2)8-7-15-33-21-14-13-18-16-20(12-11-19(18)17-21)25-28-23-9-5-6-10-24(23)34-25/h5-6,9-14,16-17,22H,3-4,7-8,15H2,1-2H3. The quantitative estimate of drug-likeness (QED) is 0.158. The van der Waals surface area contributed by atoms with Crippen LogP contribution in [0.2, 0.25) is 0 Å². The molecule has 0 unspecified atom stereocenters. The van der Waals surface area contributed by atoms with Gasteiger partial charge >= 0.3 is 11.9 Å². The smallest absolute Gasteiger partial charge is 0.320 e. The van der Waals surface area contributed by atoms with Crippen LogP contribution < -0.4 is 4.74 Å². The van der Waals surface area contributed by atoms with Crippen LogP contribution in [0.4, 0.5) is 0 Å². The molecular weight excluding hydrogens is 450 g/mol. The van der Waals surface area contributed by atoms with Crippen LogP contribution in [0.15, 0.2) is 60.7 Å². The predicted molar refractivity (Wildman–Crippen MR) is 134 cm³/mol. The van der Waals surface area contributed by atoms with Crippen LogP contribution in [-0.4, -0.2) is 36.7 Å². The van der Waals surface area contributed by atoms with Gasteiger partial charge in [0, 0.05) is 5.56 Å². The maximum Gasteiger partial charge on any atom is 0.320 e. The average Bonchev–Trinajstić information content (AvgIpc) is 3.28. The molecule has 0 saturated carbocycles. The van der Waals surface area contributed by atoms with Gasteiger partial charge in [-0.05, 0) is 67.8 Å². The summed E-state index contributed by atoms with van der Waals surface area (Å²) < 4.78 is 17.1. The second kappa shape index (κ2) is 11.1. The number of esters is 2. The van der Waals surface area contributed by atoms with Crippen molar-refractivity contribution in [3.8, 4) is 16.3 Å². The number of thiazole rings is 1. The van der Waals surface area contributed by atoms with Gasteiger partial charge in [0.05, 0.1) is 30.0 Å². The van der Waals surface area contributed by atoms with Crippen molar-refractivity contribution in [2.45, 2.75) is 26.7 Å². The van der Waals surface area contributed by atoms with Crippen LogP contribution in [0.1, 0.15) is 26.7 Å². The van der Waals surface area contributed by atoms with Crippen molar-refractivity contribution >= 4 is 44.3 Å². The first-order valence-corrected chi connectivity index (χ1v) is 12.3. The number of rotatable bonds is 10. The van der Waals surface area contributed by atoms with Gasteiger partial charge in [0.25, 0.3) is 0 Å². The molecule has 1 aromatic heterocycles. The van der Waals surface area contributed by atoms with E-state index in [0.717, 1.165) is 32.6 Å². The van der Waals surface area contributed by atoms with E-state index >= 15 is 0 Å². The summed E-state index contributed by atoms with van der Waals surface area (Å²) in [6.07, 6.45) is 0.841. The summed E-state index contributed by atoms with van der Waals surface area (Å²) in [5, 5.41) is 3.17. The fourth-order valence-electron chi connectivity index (χ4n) is 3.74. The Morgan fingerprint density at radius 2 is 1.62 bits per heavy atom. The number of carbonyl (C=O) groups excluding carboxylic acids is 2. The Morgan fingerprint density at radius 3 is 2.35 bits per heavy atom. The lowest BCUT2D eigenvalue weighted by atomic mass is 10.0. The lowest BCUT2D eigenvalue weighted by Gasteiger charge is -2.14. The molecule has 0 amide bonds. The molecule has 0 aliphatic carbocycles. The van der Waals surface area contributed by atoms with Gasteiger partial charge in [-0.1, -0.05) is 30.3 Å². The Labute approximate surface area is 202 Å². The third-order valence-corrected chi connectivity index (χ3v) is 6.49. The molecular formula is C27H27NO5S.